The summed E-state index contributed by atoms with van der Waals surface area (Å²) in [5, 5.41) is 6.45. The van der Waals surface area contributed by atoms with E-state index in [9.17, 15) is 4.79 Å². The van der Waals surface area contributed by atoms with Gasteiger partial charge in [-0.15, -0.1) is 12.4 Å². The molecule has 0 radical (unpaired) electrons. The third kappa shape index (κ3) is 4.90. The molecule has 1 fully saturated rings. The molecule has 2 N–H and O–H groups in total. The number of piperidine rings is 1. The van der Waals surface area contributed by atoms with Crippen LogP contribution in [0.3, 0.4) is 0 Å². The second-order valence-electron chi connectivity index (χ2n) is 5.29. The summed E-state index contributed by atoms with van der Waals surface area (Å²) in [6.07, 6.45) is 2.95. The number of halogens is 1. The first-order valence-corrected chi connectivity index (χ1v) is 7.39. The highest BCUT2D eigenvalue weighted by Crippen LogP contribution is 2.21. The first-order valence-electron chi connectivity index (χ1n) is 7.39. The molecular formula is C16H25ClN2O2. The van der Waals surface area contributed by atoms with Crippen molar-refractivity contribution in [1.29, 1.82) is 0 Å². The van der Waals surface area contributed by atoms with E-state index in [2.05, 4.69) is 17.6 Å². The molecule has 1 aliphatic heterocycles. The number of hydrogen-bond acceptors (Lipinski definition) is 3. The van der Waals surface area contributed by atoms with Gasteiger partial charge >= 0.3 is 0 Å². The van der Waals surface area contributed by atoms with Crippen LogP contribution in [0.15, 0.2) is 24.3 Å². The van der Waals surface area contributed by atoms with Crippen molar-refractivity contribution in [3.05, 3.63) is 29.8 Å². The quantitative estimate of drug-likeness (QED) is 0.879. The topological polar surface area (TPSA) is 50.4 Å². The zero-order valence-corrected chi connectivity index (χ0v) is 13.5. The molecule has 118 valence electrons. The van der Waals surface area contributed by atoms with Crippen LogP contribution >= 0.6 is 12.4 Å². The van der Waals surface area contributed by atoms with Crippen LogP contribution in [0.25, 0.3) is 0 Å². The molecule has 0 aliphatic carbocycles. The highest BCUT2D eigenvalue weighted by molar-refractivity contribution is 5.85. The van der Waals surface area contributed by atoms with Crippen LogP contribution in [0.1, 0.15) is 37.8 Å². The Labute approximate surface area is 133 Å². The highest BCUT2D eigenvalue weighted by atomic mass is 35.5. The van der Waals surface area contributed by atoms with Gasteiger partial charge in [0.2, 0.25) is 5.91 Å². The Morgan fingerprint density at radius 1 is 1.43 bits per heavy atom. The molecule has 2 atom stereocenters. The van der Waals surface area contributed by atoms with Crippen molar-refractivity contribution in [2.45, 2.75) is 32.2 Å². The Morgan fingerprint density at radius 3 is 2.67 bits per heavy atom. The van der Waals surface area contributed by atoms with Gasteiger partial charge in [0.15, 0.2) is 0 Å². The Balaban J connectivity index is 0.00000220. The highest BCUT2D eigenvalue weighted by Gasteiger charge is 2.23. The van der Waals surface area contributed by atoms with Gasteiger partial charge < -0.3 is 15.4 Å². The van der Waals surface area contributed by atoms with Gasteiger partial charge in [-0.05, 0) is 43.5 Å². The Bertz CT molecular complexity index is 430. The number of carbonyl (C=O) groups is 1. The fraction of sp³-hybridized carbons (Fsp3) is 0.562. The van der Waals surface area contributed by atoms with Crippen LogP contribution < -0.4 is 15.4 Å². The van der Waals surface area contributed by atoms with Gasteiger partial charge in [-0.25, -0.2) is 0 Å². The van der Waals surface area contributed by atoms with Gasteiger partial charge in [-0.3, -0.25) is 4.79 Å². The smallest absolute Gasteiger partial charge is 0.224 e. The molecule has 21 heavy (non-hydrogen) atoms. The van der Waals surface area contributed by atoms with Gasteiger partial charge in [0.05, 0.1) is 19.1 Å². The molecular weight excluding hydrogens is 288 g/mol. The number of rotatable bonds is 5. The van der Waals surface area contributed by atoms with Crippen LogP contribution in [0.5, 0.6) is 5.75 Å². The van der Waals surface area contributed by atoms with Gasteiger partial charge in [0, 0.05) is 6.54 Å². The summed E-state index contributed by atoms with van der Waals surface area (Å²) in [7, 11) is 1.66. The summed E-state index contributed by atoms with van der Waals surface area (Å²) in [4.78, 5) is 12.3. The van der Waals surface area contributed by atoms with Crippen LogP contribution in [0, 0.1) is 5.92 Å². The second kappa shape index (κ2) is 8.90. The lowest BCUT2D eigenvalue weighted by atomic mass is 9.97. The van der Waals surface area contributed by atoms with E-state index in [1.54, 1.807) is 7.11 Å². The zero-order chi connectivity index (χ0) is 14.4. The maximum atomic E-state index is 12.3. The Hall–Kier alpha value is -1.26. The summed E-state index contributed by atoms with van der Waals surface area (Å²) < 4.78 is 5.16. The van der Waals surface area contributed by atoms with Crippen LogP contribution in [-0.4, -0.2) is 26.1 Å². The van der Waals surface area contributed by atoms with E-state index in [4.69, 9.17) is 4.74 Å². The van der Waals surface area contributed by atoms with E-state index in [-0.39, 0.29) is 30.3 Å². The van der Waals surface area contributed by atoms with Crippen molar-refractivity contribution in [3.8, 4) is 5.75 Å². The fourth-order valence-electron chi connectivity index (χ4n) is 2.62. The summed E-state index contributed by atoms with van der Waals surface area (Å²) >= 11 is 0. The van der Waals surface area contributed by atoms with Crippen molar-refractivity contribution in [1.82, 2.24) is 10.6 Å². The first-order chi connectivity index (χ1) is 9.74. The number of hydrogen-bond donors (Lipinski definition) is 2. The number of amides is 1. The minimum atomic E-state index is 0. The zero-order valence-electron chi connectivity index (χ0n) is 12.7. The molecule has 1 unspecified atom stereocenters. The maximum absolute atomic E-state index is 12.3. The number of carbonyl (C=O) groups excluding carboxylic acids is 1. The lowest BCUT2D eigenvalue weighted by Gasteiger charge is -2.25. The Morgan fingerprint density at radius 2 is 2.14 bits per heavy atom. The van der Waals surface area contributed by atoms with E-state index in [0.717, 1.165) is 43.7 Å². The average Bonchev–Trinajstić information content (AvgIpc) is 2.53. The van der Waals surface area contributed by atoms with E-state index >= 15 is 0 Å². The molecule has 0 spiro atoms. The van der Waals surface area contributed by atoms with E-state index in [1.165, 1.54) is 0 Å². The minimum absolute atomic E-state index is 0. The van der Waals surface area contributed by atoms with Gasteiger partial charge in [-0.2, -0.15) is 0 Å². The maximum Gasteiger partial charge on any atom is 0.224 e. The fourth-order valence-corrected chi connectivity index (χ4v) is 2.62. The van der Waals surface area contributed by atoms with E-state index in [1.807, 2.05) is 24.3 Å². The summed E-state index contributed by atoms with van der Waals surface area (Å²) in [6.45, 7) is 3.92. The molecule has 2 rings (SSSR count). The van der Waals surface area contributed by atoms with Crippen molar-refractivity contribution < 1.29 is 9.53 Å². The summed E-state index contributed by atoms with van der Waals surface area (Å²) in [5.74, 6) is 1.11. The van der Waals surface area contributed by atoms with Crippen molar-refractivity contribution >= 4 is 18.3 Å². The standard InChI is InChI=1S/C16H24N2O2.ClH/c1-3-15(12-6-8-14(20-2)9-7-12)18-16(19)13-5-4-10-17-11-13;/h6-9,13,15,17H,3-5,10-11H2,1-2H3,(H,18,19);1H/t13-,15?;/m1./s1. The van der Waals surface area contributed by atoms with E-state index < -0.39 is 0 Å². The number of nitrogens with one attached hydrogen (secondary N) is 2. The third-order valence-electron chi connectivity index (χ3n) is 3.91. The molecule has 1 heterocycles. The lowest BCUT2D eigenvalue weighted by molar-refractivity contribution is -0.126. The van der Waals surface area contributed by atoms with Gasteiger partial charge in [-0.1, -0.05) is 19.1 Å². The summed E-state index contributed by atoms with van der Waals surface area (Å²) in [6, 6.07) is 7.99. The Kier molecular flexibility index (Phi) is 7.54. The average molecular weight is 313 g/mol. The number of methoxy groups -OCH3 is 1. The molecule has 1 aliphatic rings. The molecule has 4 nitrogen and oxygen atoms in total. The predicted molar refractivity (Wildman–Crippen MR) is 87.0 cm³/mol. The number of ether oxygens (including phenoxy) is 1. The van der Waals surface area contributed by atoms with Crippen molar-refractivity contribution in [3.63, 3.8) is 0 Å². The first kappa shape index (κ1) is 17.8. The molecule has 1 aromatic rings. The van der Waals surface area contributed by atoms with Crippen LogP contribution in [-0.2, 0) is 4.79 Å². The molecule has 1 amide bonds. The largest absolute Gasteiger partial charge is 0.497 e. The van der Waals surface area contributed by atoms with Crippen LogP contribution in [0.2, 0.25) is 0 Å². The molecule has 0 bridgehead atoms. The van der Waals surface area contributed by atoms with Crippen LogP contribution in [0.4, 0.5) is 0 Å². The number of benzene rings is 1. The second-order valence-corrected chi connectivity index (χ2v) is 5.29. The minimum Gasteiger partial charge on any atom is -0.497 e. The molecule has 0 aromatic heterocycles. The molecule has 1 saturated heterocycles. The van der Waals surface area contributed by atoms with Crippen molar-refractivity contribution in [2.75, 3.05) is 20.2 Å². The summed E-state index contributed by atoms with van der Waals surface area (Å²) in [5.41, 5.74) is 1.13. The van der Waals surface area contributed by atoms with Crippen molar-refractivity contribution in [2.24, 2.45) is 5.92 Å². The molecule has 1 aromatic carbocycles. The molecule has 0 saturated carbocycles. The van der Waals surface area contributed by atoms with Gasteiger partial charge in [0.25, 0.3) is 0 Å². The SMILES string of the molecule is CCC(NC(=O)[C@@H]1CCCNC1)c1ccc(OC)cc1.Cl. The third-order valence-corrected chi connectivity index (χ3v) is 3.91. The monoisotopic (exact) mass is 312 g/mol. The molecule has 5 heteroatoms. The normalized spacial score (nSPS) is 19.2. The lowest BCUT2D eigenvalue weighted by Crippen LogP contribution is -2.41. The van der Waals surface area contributed by atoms with Gasteiger partial charge in [0.1, 0.15) is 5.75 Å². The predicted octanol–water partition coefficient (Wildman–Crippen LogP) is 2.68. The van der Waals surface area contributed by atoms with E-state index in [0.29, 0.717) is 0 Å².